The van der Waals surface area contributed by atoms with Crippen LogP contribution >= 0.6 is 27.5 Å². The lowest BCUT2D eigenvalue weighted by Crippen LogP contribution is -2.26. The molecule has 0 saturated heterocycles. The number of benzene rings is 2. The fourth-order valence-corrected chi connectivity index (χ4v) is 2.44. The molecule has 1 atom stereocenters. The summed E-state index contributed by atoms with van der Waals surface area (Å²) in [5.41, 5.74) is 7.78. The Kier molecular flexibility index (Phi) is 4.97. The zero-order valence-electron chi connectivity index (χ0n) is 10.2. The Labute approximate surface area is 125 Å². The van der Waals surface area contributed by atoms with Crippen LogP contribution in [0, 0.1) is 5.82 Å². The van der Waals surface area contributed by atoms with Gasteiger partial charge in [-0.2, -0.15) is 0 Å². The van der Waals surface area contributed by atoms with E-state index in [4.69, 9.17) is 17.3 Å². The zero-order chi connectivity index (χ0) is 13.8. The topological polar surface area (TPSA) is 26.0 Å². The van der Waals surface area contributed by atoms with E-state index >= 15 is 0 Å². The van der Waals surface area contributed by atoms with Crippen LogP contribution in [0.4, 0.5) is 4.39 Å². The van der Waals surface area contributed by atoms with E-state index in [1.165, 1.54) is 0 Å². The first kappa shape index (κ1) is 14.5. The Morgan fingerprint density at radius 3 is 2.47 bits per heavy atom. The molecule has 1 nitrogen and oxygen atoms in total. The SMILES string of the molecule is NC(Cc1ccc(Br)cc1)Cc1cccc(Cl)c1F. The van der Waals surface area contributed by atoms with Crippen molar-refractivity contribution in [2.24, 2.45) is 5.73 Å². The van der Waals surface area contributed by atoms with Crippen LogP contribution in [-0.2, 0) is 12.8 Å². The van der Waals surface area contributed by atoms with Gasteiger partial charge in [-0.05, 0) is 42.2 Å². The number of hydrogen-bond donors (Lipinski definition) is 1. The van der Waals surface area contributed by atoms with Gasteiger partial charge in [0.1, 0.15) is 5.82 Å². The second-order valence-corrected chi connectivity index (χ2v) is 5.83. The minimum atomic E-state index is -0.365. The van der Waals surface area contributed by atoms with Gasteiger partial charge in [-0.1, -0.05) is 51.8 Å². The van der Waals surface area contributed by atoms with Crippen LogP contribution in [0.25, 0.3) is 0 Å². The van der Waals surface area contributed by atoms with Crippen LogP contribution < -0.4 is 5.73 Å². The largest absolute Gasteiger partial charge is 0.327 e. The first-order valence-corrected chi connectivity index (χ1v) is 7.16. The quantitative estimate of drug-likeness (QED) is 0.878. The molecule has 0 aliphatic heterocycles. The summed E-state index contributed by atoms with van der Waals surface area (Å²) in [4.78, 5) is 0. The summed E-state index contributed by atoms with van der Waals surface area (Å²) in [6, 6.07) is 12.9. The van der Waals surface area contributed by atoms with Crippen molar-refractivity contribution >= 4 is 27.5 Å². The van der Waals surface area contributed by atoms with Crippen LogP contribution in [0.2, 0.25) is 5.02 Å². The maximum atomic E-state index is 13.8. The second-order valence-electron chi connectivity index (χ2n) is 4.51. The van der Waals surface area contributed by atoms with Gasteiger partial charge < -0.3 is 5.73 Å². The van der Waals surface area contributed by atoms with Crippen molar-refractivity contribution in [2.75, 3.05) is 0 Å². The average Bonchev–Trinajstić information content (AvgIpc) is 2.38. The first-order valence-electron chi connectivity index (χ1n) is 5.99. The Morgan fingerprint density at radius 2 is 1.79 bits per heavy atom. The fraction of sp³-hybridized carbons (Fsp3) is 0.200. The molecule has 0 amide bonds. The number of hydrogen-bond acceptors (Lipinski definition) is 1. The van der Waals surface area contributed by atoms with Crippen molar-refractivity contribution in [3.8, 4) is 0 Å². The van der Waals surface area contributed by atoms with Gasteiger partial charge in [-0.15, -0.1) is 0 Å². The second kappa shape index (κ2) is 6.51. The monoisotopic (exact) mass is 341 g/mol. The zero-order valence-corrected chi connectivity index (χ0v) is 12.6. The average molecular weight is 343 g/mol. The molecule has 19 heavy (non-hydrogen) atoms. The minimum absolute atomic E-state index is 0.130. The van der Waals surface area contributed by atoms with Crippen LogP contribution in [0.5, 0.6) is 0 Å². The highest BCUT2D eigenvalue weighted by molar-refractivity contribution is 9.10. The van der Waals surface area contributed by atoms with Gasteiger partial charge in [0.2, 0.25) is 0 Å². The molecule has 0 heterocycles. The molecule has 2 rings (SSSR count). The molecular weight excluding hydrogens is 329 g/mol. The number of halogens is 3. The molecule has 0 aromatic heterocycles. The molecule has 1 unspecified atom stereocenters. The highest BCUT2D eigenvalue weighted by Crippen LogP contribution is 2.19. The van der Waals surface area contributed by atoms with E-state index in [-0.39, 0.29) is 16.9 Å². The molecule has 100 valence electrons. The highest BCUT2D eigenvalue weighted by atomic mass is 79.9. The van der Waals surface area contributed by atoms with Gasteiger partial charge in [0, 0.05) is 10.5 Å². The molecule has 0 saturated carbocycles. The Bertz CT molecular complexity index is 557. The van der Waals surface area contributed by atoms with Crippen molar-refractivity contribution in [1.82, 2.24) is 0 Å². The van der Waals surface area contributed by atoms with Crippen LogP contribution in [-0.4, -0.2) is 6.04 Å². The van der Waals surface area contributed by atoms with Gasteiger partial charge in [-0.3, -0.25) is 0 Å². The Balaban J connectivity index is 2.03. The van der Waals surface area contributed by atoms with Gasteiger partial charge in [0.25, 0.3) is 0 Å². The lowest BCUT2D eigenvalue weighted by Gasteiger charge is -2.13. The van der Waals surface area contributed by atoms with Crippen molar-refractivity contribution < 1.29 is 4.39 Å². The summed E-state index contributed by atoms with van der Waals surface area (Å²) in [6.45, 7) is 0. The van der Waals surface area contributed by atoms with Gasteiger partial charge in [0.05, 0.1) is 5.02 Å². The van der Waals surface area contributed by atoms with E-state index in [9.17, 15) is 4.39 Å². The smallest absolute Gasteiger partial charge is 0.145 e. The third kappa shape index (κ3) is 4.03. The van der Waals surface area contributed by atoms with Crippen molar-refractivity contribution in [1.29, 1.82) is 0 Å². The standard InChI is InChI=1S/C15H14BrClFN/c16-12-6-4-10(5-7-12)8-13(19)9-11-2-1-3-14(17)15(11)18/h1-7,13H,8-9,19H2. The summed E-state index contributed by atoms with van der Waals surface area (Å²) in [5, 5.41) is 0.147. The van der Waals surface area contributed by atoms with Gasteiger partial charge in [-0.25, -0.2) is 4.39 Å². The third-order valence-corrected chi connectivity index (χ3v) is 3.75. The minimum Gasteiger partial charge on any atom is -0.327 e. The Morgan fingerprint density at radius 1 is 1.11 bits per heavy atom. The van der Waals surface area contributed by atoms with Crippen LogP contribution in [0.1, 0.15) is 11.1 Å². The maximum absolute atomic E-state index is 13.8. The molecule has 0 aliphatic carbocycles. The molecule has 0 bridgehead atoms. The summed E-state index contributed by atoms with van der Waals surface area (Å²) in [5.74, 6) is -0.365. The first-order chi connectivity index (χ1) is 9.06. The predicted molar refractivity (Wildman–Crippen MR) is 80.9 cm³/mol. The predicted octanol–water partition coefficient (Wildman–Crippen LogP) is 4.35. The summed E-state index contributed by atoms with van der Waals surface area (Å²) in [6.07, 6.45) is 1.18. The molecule has 0 spiro atoms. The van der Waals surface area contributed by atoms with Gasteiger partial charge in [0.15, 0.2) is 0 Å². The maximum Gasteiger partial charge on any atom is 0.145 e. The molecular formula is C15H14BrClFN. The lowest BCUT2D eigenvalue weighted by molar-refractivity contribution is 0.584. The molecule has 2 aromatic carbocycles. The van der Waals surface area contributed by atoms with Crippen LogP contribution in [0.15, 0.2) is 46.9 Å². The van der Waals surface area contributed by atoms with E-state index < -0.39 is 0 Å². The van der Waals surface area contributed by atoms with Crippen molar-refractivity contribution in [3.05, 3.63) is 68.9 Å². The van der Waals surface area contributed by atoms with Crippen LogP contribution in [0.3, 0.4) is 0 Å². The number of nitrogens with two attached hydrogens (primary N) is 1. The van der Waals surface area contributed by atoms with Crippen molar-refractivity contribution in [2.45, 2.75) is 18.9 Å². The normalized spacial score (nSPS) is 12.4. The highest BCUT2D eigenvalue weighted by Gasteiger charge is 2.11. The molecule has 0 fully saturated rings. The lowest BCUT2D eigenvalue weighted by atomic mass is 9.99. The molecule has 0 aliphatic rings. The third-order valence-electron chi connectivity index (χ3n) is 2.92. The summed E-state index contributed by atoms with van der Waals surface area (Å²) >= 11 is 9.14. The van der Waals surface area contributed by atoms with Gasteiger partial charge >= 0.3 is 0 Å². The molecule has 0 radical (unpaired) electrons. The number of rotatable bonds is 4. The van der Waals surface area contributed by atoms with E-state index in [0.717, 1.165) is 10.0 Å². The van der Waals surface area contributed by atoms with Crippen molar-refractivity contribution in [3.63, 3.8) is 0 Å². The molecule has 2 aromatic rings. The fourth-order valence-electron chi connectivity index (χ4n) is 1.98. The van der Waals surface area contributed by atoms with E-state index in [2.05, 4.69) is 15.9 Å². The Hall–Kier alpha value is -0.900. The molecule has 4 heteroatoms. The summed E-state index contributed by atoms with van der Waals surface area (Å²) < 4.78 is 14.8. The summed E-state index contributed by atoms with van der Waals surface area (Å²) in [7, 11) is 0. The van der Waals surface area contributed by atoms with E-state index in [1.54, 1.807) is 18.2 Å². The molecule has 2 N–H and O–H groups in total. The van der Waals surface area contributed by atoms with E-state index in [1.807, 2.05) is 24.3 Å². The van der Waals surface area contributed by atoms with E-state index in [0.29, 0.717) is 18.4 Å².